The van der Waals surface area contributed by atoms with Crippen LogP contribution in [0.15, 0.2) is 89.3 Å². The van der Waals surface area contributed by atoms with Crippen LogP contribution >= 0.6 is 11.8 Å². The van der Waals surface area contributed by atoms with E-state index < -0.39 is 6.10 Å². The fourth-order valence-corrected chi connectivity index (χ4v) is 5.23. The van der Waals surface area contributed by atoms with E-state index in [0.717, 1.165) is 47.9 Å². The molecule has 4 rings (SSSR count). The summed E-state index contributed by atoms with van der Waals surface area (Å²) in [4.78, 5) is 16.9. The van der Waals surface area contributed by atoms with E-state index in [9.17, 15) is 9.90 Å². The summed E-state index contributed by atoms with van der Waals surface area (Å²) in [6.07, 6.45) is 4.56. The predicted octanol–water partition coefficient (Wildman–Crippen LogP) is 3.88. The number of nitrogens with two attached hydrogens (primary N) is 1. The van der Waals surface area contributed by atoms with Crippen molar-refractivity contribution in [2.75, 3.05) is 39.8 Å². The summed E-state index contributed by atoms with van der Waals surface area (Å²) in [5.41, 5.74) is 11.7. The van der Waals surface area contributed by atoms with Gasteiger partial charge in [0, 0.05) is 63.0 Å². The molecule has 2 aliphatic rings. The fraction of sp³-hybridized carbons (Fsp3) is 0.323. The Balaban J connectivity index is 1.49. The number of thioether (sulfide) groups is 1. The van der Waals surface area contributed by atoms with Crippen molar-refractivity contribution in [1.82, 2.24) is 15.1 Å². The second kappa shape index (κ2) is 13.7. The molecule has 1 aliphatic heterocycles. The molecule has 0 spiro atoms. The molecule has 7 nitrogen and oxygen atoms in total. The van der Waals surface area contributed by atoms with Gasteiger partial charge in [-0.3, -0.25) is 4.79 Å². The lowest BCUT2D eigenvalue weighted by atomic mass is 9.98. The van der Waals surface area contributed by atoms with E-state index in [1.165, 1.54) is 17.3 Å². The molecular weight excluding hydrogens is 508 g/mol. The largest absolute Gasteiger partial charge is 0.398 e. The number of aliphatic hydroxyl groups excluding tert-OH is 1. The summed E-state index contributed by atoms with van der Waals surface area (Å²) in [5.74, 6) is 0.0597. The first-order chi connectivity index (χ1) is 18.9. The maximum absolute atomic E-state index is 12.9. The van der Waals surface area contributed by atoms with E-state index in [0.29, 0.717) is 24.4 Å². The number of aliphatic hydroxyl groups is 1. The van der Waals surface area contributed by atoms with Gasteiger partial charge in [-0.2, -0.15) is 0 Å². The normalized spacial score (nSPS) is 19.5. The smallest absolute Gasteiger partial charge is 0.253 e. The summed E-state index contributed by atoms with van der Waals surface area (Å²) < 4.78 is 5.43. The topological polar surface area (TPSA) is 91.1 Å². The summed E-state index contributed by atoms with van der Waals surface area (Å²) in [5, 5.41) is 16.8. The van der Waals surface area contributed by atoms with E-state index in [1.54, 1.807) is 7.11 Å². The molecule has 39 heavy (non-hydrogen) atoms. The van der Waals surface area contributed by atoms with Gasteiger partial charge in [-0.1, -0.05) is 78.5 Å². The van der Waals surface area contributed by atoms with Crippen molar-refractivity contribution in [3.63, 3.8) is 0 Å². The maximum Gasteiger partial charge on any atom is 0.253 e. The number of hydrogen-bond acceptors (Lipinski definition) is 7. The zero-order valence-corrected chi connectivity index (χ0v) is 23.5. The maximum atomic E-state index is 12.9. The van der Waals surface area contributed by atoms with Gasteiger partial charge in [0.2, 0.25) is 0 Å². The molecule has 4 N–H and O–H groups in total. The van der Waals surface area contributed by atoms with Crippen molar-refractivity contribution in [2.45, 2.75) is 25.7 Å². The van der Waals surface area contributed by atoms with Crippen molar-refractivity contribution < 1.29 is 14.6 Å². The number of ether oxygens (including phenoxy) is 1. The van der Waals surface area contributed by atoms with Gasteiger partial charge in [0.25, 0.3) is 5.91 Å². The Bertz CT molecular complexity index is 1230. The Kier molecular flexibility index (Phi) is 10.1. The molecule has 2 aromatic carbocycles. The van der Waals surface area contributed by atoms with Crippen LogP contribution in [0.1, 0.15) is 27.0 Å². The minimum atomic E-state index is -0.743. The van der Waals surface area contributed by atoms with Crippen LogP contribution < -0.4 is 11.1 Å². The zero-order valence-electron chi connectivity index (χ0n) is 22.7. The second-order valence-electron chi connectivity index (χ2n) is 9.82. The predicted molar refractivity (Wildman–Crippen MR) is 160 cm³/mol. The third-order valence-electron chi connectivity index (χ3n) is 6.99. The molecule has 0 aromatic heterocycles. The highest BCUT2D eigenvalue weighted by Crippen LogP contribution is 2.28. The van der Waals surface area contributed by atoms with Gasteiger partial charge in [0.15, 0.2) is 0 Å². The summed E-state index contributed by atoms with van der Waals surface area (Å²) in [6.45, 7) is 10.5. The van der Waals surface area contributed by atoms with Crippen molar-refractivity contribution in [1.29, 1.82) is 0 Å². The van der Waals surface area contributed by atoms with E-state index >= 15 is 0 Å². The number of benzene rings is 2. The molecule has 0 saturated carbocycles. The molecule has 1 amide bonds. The number of carbonyl (C=O) groups excluding carboxylic acids is 1. The molecule has 2 atom stereocenters. The standard InChI is InChI=1S/C31H38N4O3S/c1-22-7-11-25(12-8-22)28(32)21-39-23(2)35(20-27-5-4-6-29(38-3)30(27)36)19-24-9-13-26(14-10-24)31(37)34-17-15-33-16-18-34/h4-14,21,29-30,33,36H,2,15-20,32H2,1,3H3/b28-21-. The third-order valence-corrected chi connectivity index (χ3v) is 7.89. The van der Waals surface area contributed by atoms with Crippen LogP contribution in [0.4, 0.5) is 0 Å². The average Bonchev–Trinajstić information content (AvgIpc) is 2.97. The minimum Gasteiger partial charge on any atom is -0.398 e. The second-order valence-corrected chi connectivity index (χ2v) is 10.8. The molecule has 0 bridgehead atoms. The lowest BCUT2D eigenvalue weighted by molar-refractivity contribution is 0.0323. The highest BCUT2D eigenvalue weighted by Gasteiger charge is 2.25. The number of allylic oxidation sites excluding steroid dienone is 2. The number of piperazine rings is 1. The van der Waals surface area contributed by atoms with Crippen molar-refractivity contribution in [3.05, 3.63) is 112 Å². The van der Waals surface area contributed by atoms with Gasteiger partial charge < -0.3 is 30.7 Å². The molecule has 0 radical (unpaired) electrons. The molecule has 1 heterocycles. The molecule has 1 saturated heterocycles. The van der Waals surface area contributed by atoms with Gasteiger partial charge >= 0.3 is 0 Å². The number of rotatable bonds is 10. The van der Waals surface area contributed by atoms with E-state index in [1.807, 2.05) is 84.0 Å². The minimum absolute atomic E-state index is 0.0597. The SMILES string of the molecule is C=C(S/C=C(\N)c1ccc(C)cc1)N(CC1=CC=CC(OC)C1O)Cc1ccc(C(=O)N2CCNCC2)cc1. The lowest BCUT2D eigenvalue weighted by Crippen LogP contribution is -2.46. The number of carbonyl (C=O) groups is 1. The number of aryl methyl sites for hydroxylation is 1. The van der Waals surface area contributed by atoms with Crippen molar-refractivity contribution in [2.24, 2.45) is 5.73 Å². The Morgan fingerprint density at radius 3 is 2.49 bits per heavy atom. The van der Waals surface area contributed by atoms with E-state index in [4.69, 9.17) is 10.5 Å². The highest BCUT2D eigenvalue weighted by molar-refractivity contribution is 8.05. The first kappa shape index (κ1) is 28.7. The summed E-state index contributed by atoms with van der Waals surface area (Å²) in [6, 6.07) is 15.8. The number of amides is 1. The number of nitrogens with zero attached hydrogens (tertiary/aromatic N) is 2. The van der Waals surface area contributed by atoms with Gasteiger partial charge in [-0.25, -0.2) is 0 Å². The first-order valence-corrected chi connectivity index (χ1v) is 14.0. The number of methoxy groups -OCH3 is 1. The van der Waals surface area contributed by atoms with Crippen LogP contribution in [0.25, 0.3) is 5.70 Å². The average molecular weight is 547 g/mol. The molecule has 8 heteroatoms. The van der Waals surface area contributed by atoms with Crippen LogP contribution in [0.3, 0.4) is 0 Å². The quantitative estimate of drug-likeness (QED) is 0.417. The summed E-state index contributed by atoms with van der Waals surface area (Å²) >= 11 is 1.45. The molecule has 1 fully saturated rings. The Morgan fingerprint density at radius 2 is 1.82 bits per heavy atom. The summed E-state index contributed by atoms with van der Waals surface area (Å²) in [7, 11) is 1.59. The van der Waals surface area contributed by atoms with E-state index in [-0.39, 0.29) is 12.0 Å². The fourth-order valence-electron chi connectivity index (χ4n) is 4.55. The van der Waals surface area contributed by atoms with Gasteiger partial charge in [0.05, 0.1) is 5.03 Å². The zero-order chi connectivity index (χ0) is 27.8. The Hall–Kier alpha value is -3.30. The highest BCUT2D eigenvalue weighted by atomic mass is 32.2. The van der Waals surface area contributed by atoms with Gasteiger partial charge in [0.1, 0.15) is 12.2 Å². The Morgan fingerprint density at radius 1 is 1.15 bits per heavy atom. The monoisotopic (exact) mass is 546 g/mol. The van der Waals surface area contributed by atoms with Crippen LogP contribution in [-0.2, 0) is 11.3 Å². The van der Waals surface area contributed by atoms with Crippen LogP contribution in [0.2, 0.25) is 0 Å². The molecular formula is C31H38N4O3S. The molecule has 1 aliphatic carbocycles. The van der Waals surface area contributed by atoms with E-state index in [2.05, 4.69) is 16.8 Å². The van der Waals surface area contributed by atoms with Crippen molar-refractivity contribution >= 4 is 23.4 Å². The van der Waals surface area contributed by atoms with Crippen LogP contribution in [-0.4, -0.2) is 72.9 Å². The number of hydrogen-bond donors (Lipinski definition) is 3. The van der Waals surface area contributed by atoms with Crippen molar-refractivity contribution in [3.8, 4) is 0 Å². The number of nitrogens with one attached hydrogen (secondary N) is 1. The molecule has 2 unspecified atom stereocenters. The Labute approximate surface area is 235 Å². The first-order valence-electron chi connectivity index (χ1n) is 13.2. The van der Waals surface area contributed by atoms with Crippen LogP contribution in [0, 0.1) is 6.92 Å². The third kappa shape index (κ3) is 7.64. The molecule has 206 valence electrons. The molecule has 2 aromatic rings. The van der Waals surface area contributed by atoms with Gasteiger partial charge in [-0.15, -0.1) is 0 Å². The van der Waals surface area contributed by atoms with Crippen LogP contribution in [0.5, 0.6) is 0 Å². The van der Waals surface area contributed by atoms with Gasteiger partial charge in [-0.05, 0) is 35.8 Å². The lowest BCUT2D eigenvalue weighted by Gasteiger charge is -2.31.